The smallest absolute Gasteiger partial charge is 0.324 e. The van der Waals surface area contributed by atoms with Gasteiger partial charge in [-0.25, -0.2) is 13.2 Å². The molecule has 0 spiro atoms. The SMILES string of the molecule is Cc1ccc(NS(=O)(=O)c2cccc(C(=O)ON3C(=O)c4ccccc4C3=O)c2)cc1. The summed E-state index contributed by atoms with van der Waals surface area (Å²) in [7, 11) is -3.98. The van der Waals surface area contributed by atoms with Crippen molar-refractivity contribution in [3.8, 4) is 0 Å². The number of carbonyl (C=O) groups is 3. The molecule has 0 radical (unpaired) electrons. The molecule has 156 valence electrons. The average Bonchev–Trinajstić information content (AvgIpc) is 3.00. The van der Waals surface area contributed by atoms with Crippen molar-refractivity contribution >= 4 is 33.5 Å². The number of hydrogen-bond donors (Lipinski definition) is 1. The van der Waals surface area contributed by atoms with Crippen LogP contribution in [0.1, 0.15) is 36.6 Å². The molecule has 0 saturated heterocycles. The lowest BCUT2D eigenvalue weighted by atomic mass is 10.1. The normalized spacial score (nSPS) is 13.1. The van der Waals surface area contributed by atoms with Crippen LogP contribution in [0.15, 0.2) is 77.7 Å². The fourth-order valence-corrected chi connectivity index (χ4v) is 4.12. The van der Waals surface area contributed by atoms with Crippen molar-refractivity contribution in [3.05, 3.63) is 95.1 Å². The molecule has 0 atom stereocenters. The molecule has 1 aliphatic heterocycles. The topological polar surface area (TPSA) is 110 Å². The van der Waals surface area contributed by atoms with E-state index in [9.17, 15) is 22.8 Å². The maximum Gasteiger partial charge on any atom is 0.363 e. The second-order valence-electron chi connectivity index (χ2n) is 6.83. The Morgan fingerprint density at radius 3 is 2.10 bits per heavy atom. The summed E-state index contributed by atoms with van der Waals surface area (Å²) < 4.78 is 27.8. The van der Waals surface area contributed by atoms with Gasteiger partial charge in [-0.15, -0.1) is 0 Å². The quantitative estimate of drug-likeness (QED) is 0.615. The van der Waals surface area contributed by atoms with Gasteiger partial charge >= 0.3 is 5.97 Å². The fraction of sp³-hybridized carbons (Fsp3) is 0.0455. The average molecular weight is 436 g/mol. The minimum atomic E-state index is -3.98. The van der Waals surface area contributed by atoms with Crippen LogP contribution in [0.3, 0.4) is 0 Å². The third kappa shape index (κ3) is 3.90. The van der Waals surface area contributed by atoms with Crippen LogP contribution in [0, 0.1) is 6.92 Å². The number of rotatable bonds is 5. The standard InChI is InChI=1S/C22H16N2O6S/c1-14-9-11-16(12-10-14)23-31(28,29)17-6-4-5-15(13-17)22(27)30-24-20(25)18-7-2-3-8-19(18)21(24)26/h2-13,23H,1H3. The van der Waals surface area contributed by atoms with Crippen LogP contribution in [0.2, 0.25) is 0 Å². The Bertz CT molecular complexity index is 1280. The Morgan fingerprint density at radius 1 is 0.871 bits per heavy atom. The Kier molecular flexibility index (Phi) is 5.04. The number of benzene rings is 3. The lowest BCUT2D eigenvalue weighted by Gasteiger charge is -2.13. The first-order valence-corrected chi connectivity index (χ1v) is 10.6. The summed E-state index contributed by atoms with van der Waals surface area (Å²) in [6.07, 6.45) is 0. The predicted molar refractivity (Wildman–Crippen MR) is 111 cm³/mol. The number of carbonyl (C=O) groups excluding carboxylic acids is 3. The third-order valence-electron chi connectivity index (χ3n) is 4.61. The van der Waals surface area contributed by atoms with Crippen molar-refractivity contribution in [1.82, 2.24) is 5.06 Å². The van der Waals surface area contributed by atoms with Gasteiger partial charge in [0.15, 0.2) is 0 Å². The number of anilines is 1. The second kappa shape index (κ2) is 7.69. The minimum absolute atomic E-state index is 0.124. The van der Waals surface area contributed by atoms with Gasteiger partial charge in [0, 0.05) is 5.69 Å². The van der Waals surface area contributed by atoms with E-state index in [0.29, 0.717) is 10.8 Å². The molecule has 1 N–H and O–H groups in total. The molecule has 0 bridgehead atoms. The Hall–Kier alpha value is -3.98. The van der Waals surface area contributed by atoms with Gasteiger partial charge in [-0.1, -0.05) is 41.0 Å². The molecule has 1 heterocycles. The van der Waals surface area contributed by atoms with Gasteiger partial charge in [-0.3, -0.25) is 14.3 Å². The Labute approximate surface area is 178 Å². The van der Waals surface area contributed by atoms with Crippen molar-refractivity contribution in [2.45, 2.75) is 11.8 Å². The zero-order valence-corrected chi connectivity index (χ0v) is 17.0. The first kappa shape index (κ1) is 20.3. The number of hydrogen-bond acceptors (Lipinski definition) is 6. The molecule has 0 aromatic heterocycles. The molecule has 0 aliphatic carbocycles. The maximum absolute atomic E-state index is 12.7. The molecule has 31 heavy (non-hydrogen) atoms. The molecule has 3 aromatic rings. The van der Waals surface area contributed by atoms with Crippen molar-refractivity contribution in [2.24, 2.45) is 0 Å². The highest BCUT2D eigenvalue weighted by Gasteiger charge is 2.38. The number of nitrogens with one attached hydrogen (secondary N) is 1. The minimum Gasteiger partial charge on any atom is -0.324 e. The molecule has 0 saturated carbocycles. The lowest BCUT2D eigenvalue weighted by Crippen LogP contribution is -2.32. The fourth-order valence-electron chi connectivity index (χ4n) is 3.01. The van der Waals surface area contributed by atoms with Gasteiger partial charge in [0.1, 0.15) is 0 Å². The van der Waals surface area contributed by atoms with E-state index < -0.39 is 27.8 Å². The zero-order valence-electron chi connectivity index (χ0n) is 16.2. The molecule has 0 fully saturated rings. The highest BCUT2D eigenvalue weighted by atomic mass is 32.2. The van der Waals surface area contributed by atoms with E-state index >= 15 is 0 Å². The number of fused-ring (bicyclic) bond motifs is 1. The van der Waals surface area contributed by atoms with Crippen molar-refractivity contribution in [1.29, 1.82) is 0 Å². The Morgan fingerprint density at radius 2 is 1.48 bits per heavy atom. The van der Waals surface area contributed by atoms with E-state index in [1.807, 2.05) is 6.92 Å². The molecule has 4 rings (SSSR count). The number of sulfonamides is 1. The molecular weight excluding hydrogens is 420 g/mol. The first-order valence-electron chi connectivity index (χ1n) is 9.16. The third-order valence-corrected chi connectivity index (χ3v) is 5.99. The van der Waals surface area contributed by atoms with Crippen LogP contribution in [0.25, 0.3) is 0 Å². The molecule has 3 aromatic carbocycles. The molecule has 8 nitrogen and oxygen atoms in total. The molecule has 1 aliphatic rings. The van der Waals surface area contributed by atoms with Crippen LogP contribution < -0.4 is 4.72 Å². The van der Waals surface area contributed by atoms with Crippen LogP contribution in [0.5, 0.6) is 0 Å². The van der Waals surface area contributed by atoms with Crippen LogP contribution >= 0.6 is 0 Å². The Balaban J connectivity index is 1.54. The van der Waals surface area contributed by atoms with Crippen LogP contribution in [-0.4, -0.2) is 31.3 Å². The number of hydroxylamine groups is 2. The number of amides is 2. The summed E-state index contributed by atoms with van der Waals surface area (Å²) in [4.78, 5) is 42.0. The monoisotopic (exact) mass is 436 g/mol. The van der Waals surface area contributed by atoms with E-state index in [1.165, 1.54) is 30.3 Å². The van der Waals surface area contributed by atoms with E-state index in [4.69, 9.17) is 4.84 Å². The number of aryl methyl sites for hydroxylation is 1. The van der Waals surface area contributed by atoms with Crippen molar-refractivity contribution in [2.75, 3.05) is 4.72 Å². The molecular formula is C22H16N2O6S. The summed E-state index contributed by atoms with van der Waals surface area (Å²) in [6.45, 7) is 1.88. The van der Waals surface area contributed by atoms with Gasteiger partial charge in [-0.05, 0) is 49.4 Å². The van der Waals surface area contributed by atoms with Gasteiger partial charge < -0.3 is 4.84 Å². The highest BCUT2D eigenvalue weighted by molar-refractivity contribution is 7.92. The summed E-state index contributed by atoms with van der Waals surface area (Å²) in [5.41, 5.74) is 1.45. The number of nitrogens with zero attached hydrogens (tertiary/aromatic N) is 1. The largest absolute Gasteiger partial charge is 0.363 e. The van der Waals surface area contributed by atoms with Gasteiger partial charge in [0.2, 0.25) is 0 Å². The van der Waals surface area contributed by atoms with E-state index in [-0.39, 0.29) is 21.6 Å². The van der Waals surface area contributed by atoms with Gasteiger partial charge in [0.25, 0.3) is 21.8 Å². The van der Waals surface area contributed by atoms with Crippen LogP contribution in [-0.2, 0) is 14.9 Å². The molecule has 0 unspecified atom stereocenters. The molecule has 2 amide bonds. The van der Waals surface area contributed by atoms with E-state index in [1.54, 1.807) is 36.4 Å². The number of imide groups is 1. The predicted octanol–water partition coefficient (Wildman–Crippen LogP) is 3.16. The summed E-state index contributed by atoms with van der Waals surface area (Å²) in [6, 6.07) is 17.9. The van der Waals surface area contributed by atoms with E-state index in [2.05, 4.69) is 4.72 Å². The lowest BCUT2D eigenvalue weighted by molar-refractivity contribution is -0.0584. The van der Waals surface area contributed by atoms with Gasteiger partial charge in [0.05, 0.1) is 21.6 Å². The van der Waals surface area contributed by atoms with Crippen molar-refractivity contribution in [3.63, 3.8) is 0 Å². The zero-order chi connectivity index (χ0) is 22.2. The summed E-state index contributed by atoms with van der Waals surface area (Å²) >= 11 is 0. The first-order chi connectivity index (χ1) is 14.8. The highest BCUT2D eigenvalue weighted by Crippen LogP contribution is 2.24. The summed E-state index contributed by atoms with van der Waals surface area (Å²) in [5, 5.41) is 0.374. The van der Waals surface area contributed by atoms with Gasteiger partial charge in [-0.2, -0.15) is 0 Å². The second-order valence-corrected chi connectivity index (χ2v) is 8.51. The maximum atomic E-state index is 12.7. The summed E-state index contributed by atoms with van der Waals surface area (Å²) in [5.74, 6) is -2.57. The van der Waals surface area contributed by atoms with Crippen LogP contribution in [0.4, 0.5) is 5.69 Å². The van der Waals surface area contributed by atoms with Crippen molar-refractivity contribution < 1.29 is 27.6 Å². The van der Waals surface area contributed by atoms with E-state index in [0.717, 1.165) is 11.6 Å². The molecule has 9 heteroatoms.